The fourth-order valence-electron chi connectivity index (χ4n) is 3.55. The van der Waals surface area contributed by atoms with Crippen molar-refractivity contribution in [2.45, 2.75) is 50.9 Å². The highest BCUT2D eigenvalue weighted by Gasteiger charge is 2.18. The number of benzene rings is 2. The summed E-state index contributed by atoms with van der Waals surface area (Å²) in [6, 6.07) is 13.8. The van der Waals surface area contributed by atoms with E-state index >= 15 is 0 Å². The van der Waals surface area contributed by atoms with E-state index in [0.29, 0.717) is 11.1 Å². The minimum Gasteiger partial charge on any atom is -0.494 e. The summed E-state index contributed by atoms with van der Waals surface area (Å²) in [6.07, 6.45) is 7.60. The van der Waals surface area contributed by atoms with E-state index in [1.165, 1.54) is 32.1 Å². The summed E-state index contributed by atoms with van der Waals surface area (Å²) in [5.74, 6) is 0.472. The van der Waals surface area contributed by atoms with E-state index in [2.05, 4.69) is 27.9 Å². The third kappa shape index (κ3) is 5.88. The molecule has 1 unspecified atom stereocenters. The van der Waals surface area contributed by atoms with Gasteiger partial charge in [0, 0.05) is 11.3 Å². The maximum absolute atomic E-state index is 11.3. The summed E-state index contributed by atoms with van der Waals surface area (Å²) in [4.78, 5) is 14.0. The first-order valence-electron chi connectivity index (χ1n) is 11.0. The normalized spacial score (nSPS) is 15.6. The number of rotatable bonds is 11. The number of fused-ring (bicyclic) bond motifs is 1. The maximum Gasteiger partial charge on any atom is 0.417 e. The van der Waals surface area contributed by atoms with E-state index in [-0.39, 0.29) is 5.50 Å². The van der Waals surface area contributed by atoms with Gasteiger partial charge in [-0.15, -0.1) is 0 Å². The zero-order chi connectivity index (χ0) is 21.5. The first-order valence-corrected chi connectivity index (χ1v) is 11.9. The SMILES string of the molecule is CCCCCCCCOc1ccc(NC2NC(c3ccc4[nH]c(=O)oc4c3)=CS2)cc1. The van der Waals surface area contributed by atoms with Crippen LogP contribution >= 0.6 is 11.8 Å². The quantitative estimate of drug-likeness (QED) is 0.323. The van der Waals surface area contributed by atoms with Gasteiger partial charge in [-0.1, -0.05) is 56.9 Å². The highest BCUT2D eigenvalue weighted by atomic mass is 32.2. The summed E-state index contributed by atoms with van der Waals surface area (Å²) in [7, 11) is 0. The molecule has 3 N–H and O–H groups in total. The molecule has 31 heavy (non-hydrogen) atoms. The molecule has 0 radical (unpaired) electrons. The predicted molar refractivity (Wildman–Crippen MR) is 128 cm³/mol. The van der Waals surface area contributed by atoms with Gasteiger partial charge in [0.2, 0.25) is 0 Å². The molecule has 164 valence electrons. The average molecular weight is 440 g/mol. The fraction of sp³-hybridized carbons (Fsp3) is 0.375. The van der Waals surface area contributed by atoms with Crippen LogP contribution in [0.3, 0.4) is 0 Å². The van der Waals surface area contributed by atoms with E-state index in [9.17, 15) is 4.79 Å². The topological polar surface area (TPSA) is 79.3 Å². The Labute approximate surface area is 186 Å². The Hall–Kier alpha value is -2.80. The van der Waals surface area contributed by atoms with Gasteiger partial charge in [0.25, 0.3) is 0 Å². The second-order valence-electron chi connectivity index (χ2n) is 7.70. The molecule has 0 saturated heterocycles. The Morgan fingerprint density at radius 2 is 1.87 bits per heavy atom. The molecule has 2 heterocycles. The fourth-order valence-corrected chi connectivity index (χ4v) is 4.43. The van der Waals surface area contributed by atoms with Crippen LogP contribution < -0.4 is 21.1 Å². The van der Waals surface area contributed by atoms with Crippen LogP contribution in [0.2, 0.25) is 0 Å². The average Bonchev–Trinajstić information content (AvgIpc) is 3.39. The minimum absolute atomic E-state index is 0.0267. The summed E-state index contributed by atoms with van der Waals surface area (Å²) in [6.45, 7) is 3.02. The molecule has 2 aromatic carbocycles. The van der Waals surface area contributed by atoms with Crippen molar-refractivity contribution in [1.29, 1.82) is 0 Å². The van der Waals surface area contributed by atoms with Crippen molar-refractivity contribution in [3.63, 3.8) is 0 Å². The van der Waals surface area contributed by atoms with Crippen LogP contribution in [-0.2, 0) is 0 Å². The smallest absolute Gasteiger partial charge is 0.417 e. The molecule has 1 aliphatic heterocycles. The molecule has 1 atom stereocenters. The molecule has 0 amide bonds. The number of nitrogens with one attached hydrogen (secondary N) is 3. The van der Waals surface area contributed by atoms with E-state index in [0.717, 1.165) is 35.7 Å². The molecule has 4 rings (SSSR count). The minimum atomic E-state index is -0.436. The maximum atomic E-state index is 11.3. The van der Waals surface area contributed by atoms with Gasteiger partial charge in [0.15, 0.2) is 5.58 Å². The van der Waals surface area contributed by atoms with Gasteiger partial charge in [-0.05, 0) is 48.2 Å². The lowest BCUT2D eigenvalue weighted by Crippen LogP contribution is -2.27. The molecule has 0 aliphatic carbocycles. The van der Waals surface area contributed by atoms with Crippen LogP contribution in [0.5, 0.6) is 5.75 Å². The van der Waals surface area contributed by atoms with E-state index in [1.54, 1.807) is 11.8 Å². The summed E-state index contributed by atoms with van der Waals surface area (Å²) < 4.78 is 11.0. The van der Waals surface area contributed by atoms with E-state index in [4.69, 9.17) is 9.15 Å². The van der Waals surface area contributed by atoms with Gasteiger partial charge >= 0.3 is 5.76 Å². The van der Waals surface area contributed by atoms with Crippen molar-refractivity contribution >= 4 is 34.2 Å². The van der Waals surface area contributed by atoms with Crippen LogP contribution in [0.4, 0.5) is 5.69 Å². The molecule has 0 spiro atoms. The van der Waals surface area contributed by atoms with E-state index < -0.39 is 5.76 Å². The highest BCUT2D eigenvalue weighted by Crippen LogP contribution is 2.30. The van der Waals surface area contributed by atoms with Gasteiger partial charge in [0.1, 0.15) is 11.2 Å². The first-order chi connectivity index (χ1) is 15.2. The third-order valence-corrected chi connectivity index (χ3v) is 6.14. The molecule has 0 fully saturated rings. The number of hydrogen-bond donors (Lipinski definition) is 3. The zero-order valence-electron chi connectivity index (χ0n) is 17.8. The summed E-state index contributed by atoms with van der Waals surface area (Å²) >= 11 is 1.66. The predicted octanol–water partition coefficient (Wildman–Crippen LogP) is 5.89. The van der Waals surface area contributed by atoms with Gasteiger partial charge in [-0.25, -0.2) is 4.79 Å². The molecule has 1 aromatic heterocycles. The number of unbranched alkanes of at least 4 members (excludes halogenated alkanes) is 5. The van der Waals surface area contributed by atoms with Crippen LogP contribution in [0.15, 0.2) is 57.1 Å². The van der Waals surface area contributed by atoms with Crippen molar-refractivity contribution in [3.8, 4) is 5.75 Å². The van der Waals surface area contributed by atoms with Crippen molar-refractivity contribution in [3.05, 3.63) is 64.0 Å². The number of aromatic amines is 1. The molecule has 3 aromatic rings. The Kier molecular flexibility index (Phi) is 7.25. The number of anilines is 1. The van der Waals surface area contributed by atoms with Crippen LogP contribution in [0.25, 0.3) is 16.8 Å². The zero-order valence-corrected chi connectivity index (χ0v) is 18.6. The Morgan fingerprint density at radius 1 is 1.06 bits per heavy atom. The molecule has 0 saturated carbocycles. The number of thioether (sulfide) groups is 1. The second kappa shape index (κ2) is 10.5. The molecule has 6 nitrogen and oxygen atoms in total. The number of H-pyrrole nitrogens is 1. The Morgan fingerprint density at radius 3 is 2.71 bits per heavy atom. The first kappa shape index (κ1) is 21.4. The number of oxazole rings is 1. The molecular formula is C24H29N3O3S. The van der Waals surface area contributed by atoms with Crippen LogP contribution in [0.1, 0.15) is 51.0 Å². The Balaban J connectivity index is 1.22. The standard InChI is InChI=1S/C24H29N3O3S/c1-2-3-4-5-6-7-14-29-19-11-9-18(10-12-19)25-23-26-21(16-31-23)17-8-13-20-22(15-17)30-24(28)27-20/h8-13,15-16,23,25-26H,2-7,14H2,1H3,(H,27,28). The van der Waals surface area contributed by atoms with Crippen LogP contribution in [-0.4, -0.2) is 17.1 Å². The van der Waals surface area contributed by atoms with Gasteiger partial charge in [-0.2, -0.15) is 0 Å². The highest BCUT2D eigenvalue weighted by molar-refractivity contribution is 8.03. The third-order valence-electron chi connectivity index (χ3n) is 5.26. The second-order valence-corrected chi connectivity index (χ2v) is 8.68. The van der Waals surface area contributed by atoms with Crippen molar-refractivity contribution in [2.75, 3.05) is 11.9 Å². The molecule has 0 bridgehead atoms. The lowest BCUT2D eigenvalue weighted by atomic mass is 10.1. The molecular weight excluding hydrogens is 410 g/mol. The van der Waals surface area contributed by atoms with Gasteiger partial charge < -0.3 is 19.8 Å². The monoisotopic (exact) mass is 439 g/mol. The van der Waals surface area contributed by atoms with Crippen molar-refractivity contribution < 1.29 is 9.15 Å². The van der Waals surface area contributed by atoms with Crippen molar-refractivity contribution in [1.82, 2.24) is 10.3 Å². The Bertz CT molecular complexity index is 1070. The summed E-state index contributed by atoms with van der Waals surface area (Å²) in [5.41, 5.74) is 4.28. The number of ether oxygens (including phenoxy) is 1. The lowest BCUT2D eigenvalue weighted by molar-refractivity contribution is 0.304. The number of hydrogen-bond acceptors (Lipinski definition) is 6. The van der Waals surface area contributed by atoms with Gasteiger partial charge in [-0.3, -0.25) is 4.98 Å². The lowest BCUT2D eigenvalue weighted by Gasteiger charge is -2.16. The van der Waals surface area contributed by atoms with Gasteiger partial charge in [0.05, 0.1) is 17.8 Å². The molecule has 7 heteroatoms. The number of aromatic nitrogens is 1. The molecule has 1 aliphatic rings. The largest absolute Gasteiger partial charge is 0.494 e. The van der Waals surface area contributed by atoms with Crippen molar-refractivity contribution in [2.24, 2.45) is 0 Å². The van der Waals surface area contributed by atoms with E-state index in [1.807, 2.05) is 42.5 Å². The van der Waals surface area contributed by atoms with Crippen LogP contribution in [0, 0.1) is 0 Å². The summed E-state index contributed by atoms with van der Waals surface area (Å²) in [5, 5.41) is 9.00.